The van der Waals surface area contributed by atoms with Crippen LogP contribution in [0.25, 0.3) is 0 Å². The van der Waals surface area contributed by atoms with Crippen LogP contribution in [0.1, 0.15) is 30.1 Å². The molecule has 1 aliphatic heterocycles. The van der Waals surface area contributed by atoms with Gasteiger partial charge in [0.25, 0.3) is 5.91 Å². The van der Waals surface area contributed by atoms with Crippen molar-refractivity contribution in [1.29, 1.82) is 0 Å². The summed E-state index contributed by atoms with van der Waals surface area (Å²) in [6, 6.07) is 2.11. The molecule has 0 aliphatic carbocycles. The number of pyridine rings is 1. The number of aromatic nitrogens is 1. The lowest BCUT2D eigenvalue weighted by atomic mass is 10.1. The van der Waals surface area contributed by atoms with Gasteiger partial charge in [0.1, 0.15) is 5.82 Å². The summed E-state index contributed by atoms with van der Waals surface area (Å²) in [6.45, 7) is 4.91. The molecule has 1 N–H and O–H groups in total. The Bertz CT molecular complexity index is 508. The zero-order valence-electron chi connectivity index (χ0n) is 12.9. The fourth-order valence-corrected chi connectivity index (χ4v) is 3.15. The van der Waals surface area contributed by atoms with Gasteiger partial charge < -0.3 is 15.1 Å². The normalized spacial score (nSPS) is 20.2. The maximum Gasteiger partial charge on any atom is 0.257 e. The van der Waals surface area contributed by atoms with Crippen LogP contribution in [-0.4, -0.2) is 60.5 Å². The van der Waals surface area contributed by atoms with Crippen LogP contribution in [0.4, 0.5) is 5.82 Å². The Hall–Kier alpha value is -1.14. The molecule has 2 heterocycles. The lowest BCUT2D eigenvalue weighted by Gasteiger charge is -2.30. The molecule has 1 aliphatic rings. The van der Waals surface area contributed by atoms with E-state index in [2.05, 4.69) is 45.1 Å². The van der Waals surface area contributed by atoms with Gasteiger partial charge in [-0.15, -0.1) is 0 Å². The van der Waals surface area contributed by atoms with Crippen molar-refractivity contribution in [2.75, 3.05) is 39.0 Å². The number of carbonyl (C=O) groups is 1. The van der Waals surface area contributed by atoms with Crippen molar-refractivity contribution < 1.29 is 4.79 Å². The molecular weight excluding hydrogens is 332 g/mol. The van der Waals surface area contributed by atoms with Gasteiger partial charge in [0.05, 0.1) is 5.56 Å². The smallest absolute Gasteiger partial charge is 0.257 e. The van der Waals surface area contributed by atoms with Gasteiger partial charge >= 0.3 is 0 Å². The Kier molecular flexibility index (Phi) is 5.58. The van der Waals surface area contributed by atoms with Crippen LogP contribution in [0.5, 0.6) is 0 Å². The molecule has 1 amide bonds. The minimum atomic E-state index is 0.0651. The summed E-state index contributed by atoms with van der Waals surface area (Å²) in [4.78, 5) is 21.6. The Morgan fingerprint density at radius 3 is 2.95 bits per heavy atom. The van der Waals surface area contributed by atoms with Crippen LogP contribution in [0.3, 0.4) is 0 Å². The number of halogens is 1. The van der Waals surface area contributed by atoms with Gasteiger partial charge in [-0.05, 0) is 48.4 Å². The number of nitrogens with one attached hydrogen (secondary N) is 1. The van der Waals surface area contributed by atoms with E-state index in [0.29, 0.717) is 11.4 Å². The second-order valence-electron chi connectivity index (χ2n) is 5.48. The number of amides is 1. The number of anilines is 1. The van der Waals surface area contributed by atoms with Crippen molar-refractivity contribution in [3.8, 4) is 0 Å². The molecule has 21 heavy (non-hydrogen) atoms. The van der Waals surface area contributed by atoms with E-state index in [1.54, 1.807) is 13.2 Å². The molecule has 1 fully saturated rings. The van der Waals surface area contributed by atoms with Crippen molar-refractivity contribution in [1.82, 2.24) is 14.8 Å². The maximum absolute atomic E-state index is 13.0. The predicted molar refractivity (Wildman–Crippen MR) is 88.7 cm³/mol. The van der Waals surface area contributed by atoms with E-state index in [9.17, 15) is 4.79 Å². The average Bonchev–Trinajstić information content (AvgIpc) is 2.67. The van der Waals surface area contributed by atoms with Crippen molar-refractivity contribution >= 4 is 27.7 Å². The van der Waals surface area contributed by atoms with Crippen LogP contribution >= 0.6 is 15.9 Å². The van der Waals surface area contributed by atoms with E-state index in [4.69, 9.17) is 0 Å². The molecule has 1 saturated heterocycles. The van der Waals surface area contributed by atoms with E-state index in [-0.39, 0.29) is 11.9 Å². The van der Waals surface area contributed by atoms with Gasteiger partial charge in [0.2, 0.25) is 0 Å². The summed E-state index contributed by atoms with van der Waals surface area (Å²) < 4.78 is 0.824. The summed E-state index contributed by atoms with van der Waals surface area (Å²) in [5.74, 6) is 0.700. The van der Waals surface area contributed by atoms with Gasteiger partial charge in [-0.3, -0.25) is 4.79 Å². The largest absolute Gasteiger partial charge is 0.372 e. The minimum absolute atomic E-state index is 0.0651. The topological polar surface area (TPSA) is 48.5 Å². The molecule has 116 valence electrons. The summed E-state index contributed by atoms with van der Waals surface area (Å²) in [7, 11) is 3.91. The Balaban J connectivity index is 2.31. The maximum atomic E-state index is 13.0. The molecule has 0 bridgehead atoms. The Morgan fingerprint density at radius 2 is 2.29 bits per heavy atom. The van der Waals surface area contributed by atoms with Crippen molar-refractivity contribution in [2.45, 2.75) is 25.8 Å². The number of nitrogens with zero attached hydrogens (tertiary/aromatic N) is 3. The molecule has 2 rings (SSSR count). The first-order chi connectivity index (χ1) is 10.1. The molecule has 1 unspecified atom stereocenters. The van der Waals surface area contributed by atoms with Crippen LogP contribution < -0.4 is 5.32 Å². The first-order valence-corrected chi connectivity index (χ1v) is 8.19. The third-order valence-electron chi connectivity index (χ3n) is 3.96. The van der Waals surface area contributed by atoms with Crippen molar-refractivity contribution in [2.24, 2.45) is 0 Å². The second-order valence-corrected chi connectivity index (χ2v) is 6.39. The molecule has 0 aromatic carbocycles. The first kappa shape index (κ1) is 16.2. The lowest BCUT2D eigenvalue weighted by molar-refractivity contribution is 0.0676. The third kappa shape index (κ3) is 3.74. The minimum Gasteiger partial charge on any atom is -0.372 e. The number of carbonyl (C=O) groups excluding carboxylic acids is 1. The number of rotatable bonds is 3. The highest BCUT2D eigenvalue weighted by Crippen LogP contribution is 2.22. The summed E-state index contributed by atoms with van der Waals surface area (Å²) >= 11 is 3.41. The molecule has 1 aromatic rings. The van der Waals surface area contributed by atoms with E-state index in [1.165, 1.54) is 0 Å². The Morgan fingerprint density at radius 1 is 1.52 bits per heavy atom. The number of likely N-dealkylation sites (N-methyl/N-ethyl adjacent to an activating group) is 1. The monoisotopic (exact) mass is 354 g/mol. The summed E-state index contributed by atoms with van der Waals surface area (Å²) in [5.41, 5.74) is 0.634. The van der Waals surface area contributed by atoms with Gasteiger partial charge in [0, 0.05) is 36.8 Å². The fourth-order valence-electron chi connectivity index (χ4n) is 2.82. The van der Waals surface area contributed by atoms with Gasteiger partial charge in [0.15, 0.2) is 0 Å². The zero-order chi connectivity index (χ0) is 15.4. The first-order valence-electron chi connectivity index (χ1n) is 7.39. The van der Waals surface area contributed by atoms with Gasteiger partial charge in [-0.1, -0.05) is 6.92 Å². The fraction of sp³-hybridized carbons (Fsp3) is 0.600. The van der Waals surface area contributed by atoms with E-state index < -0.39 is 0 Å². The molecule has 0 spiro atoms. The van der Waals surface area contributed by atoms with Crippen LogP contribution in [-0.2, 0) is 0 Å². The highest BCUT2D eigenvalue weighted by atomic mass is 79.9. The standard InChI is InChI=1S/C15H23BrN4O/c1-4-12-10-19(3)6-5-7-20(12)15(21)13-8-11(16)9-18-14(13)17-2/h8-9,12H,4-7,10H2,1-3H3,(H,17,18). The molecule has 1 atom stereocenters. The van der Waals surface area contributed by atoms with Gasteiger partial charge in [-0.25, -0.2) is 4.98 Å². The second kappa shape index (κ2) is 7.22. The Labute approximate surface area is 134 Å². The molecule has 0 radical (unpaired) electrons. The van der Waals surface area contributed by atoms with Crippen LogP contribution in [0.15, 0.2) is 16.7 Å². The molecule has 1 aromatic heterocycles. The molecule has 5 nitrogen and oxygen atoms in total. The van der Waals surface area contributed by atoms with E-state index >= 15 is 0 Å². The van der Waals surface area contributed by atoms with Crippen molar-refractivity contribution in [3.05, 3.63) is 22.3 Å². The summed E-state index contributed by atoms with van der Waals surface area (Å²) in [6.07, 6.45) is 3.68. The third-order valence-corrected chi connectivity index (χ3v) is 4.39. The molecule has 0 saturated carbocycles. The highest BCUT2D eigenvalue weighted by Gasteiger charge is 2.28. The van der Waals surface area contributed by atoms with Crippen LogP contribution in [0, 0.1) is 0 Å². The lowest BCUT2D eigenvalue weighted by Crippen LogP contribution is -2.43. The summed E-state index contributed by atoms with van der Waals surface area (Å²) in [5, 5.41) is 3.01. The van der Waals surface area contributed by atoms with Crippen molar-refractivity contribution in [3.63, 3.8) is 0 Å². The van der Waals surface area contributed by atoms with E-state index in [1.807, 2.05) is 11.0 Å². The number of hydrogen-bond acceptors (Lipinski definition) is 4. The highest BCUT2D eigenvalue weighted by molar-refractivity contribution is 9.10. The van der Waals surface area contributed by atoms with Crippen LogP contribution in [0.2, 0.25) is 0 Å². The predicted octanol–water partition coefficient (Wildman–Crippen LogP) is 2.44. The molecular formula is C15H23BrN4O. The number of hydrogen-bond donors (Lipinski definition) is 1. The van der Waals surface area contributed by atoms with Gasteiger partial charge in [-0.2, -0.15) is 0 Å². The zero-order valence-corrected chi connectivity index (χ0v) is 14.5. The average molecular weight is 355 g/mol. The quantitative estimate of drug-likeness (QED) is 0.905. The molecule has 6 heteroatoms. The van der Waals surface area contributed by atoms with E-state index in [0.717, 1.165) is 36.9 Å². The SMILES string of the molecule is CCC1CN(C)CCCN1C(=O)c1cc(Br)cnc1NC.